The molecular formula is C18H29NO. The lowest BCUT2D eigenvalue weighted by Gasteiger charge is -2.19. The molecule has 0 heterocycles. The largest absolute Gasteiger partial charge is 0.326 e. The fourth-order valence-corrected chi connectivity index (χ4v) is 2.48. The van der Waals surface area contributed by atoms with Crippen molar-refractivity contribution in [3.05, 3.63) is 29.3 Å². The summed E-state index contributed by atoms with van der Waals surface area (Å²) in [6, 6.07) is 6.27. The fourth-order valence-electron chi connectivity index (χ4n) is 2.48. The van der Waals surface area contributed by atoms with Crippen LogP contribution in [0.15, 0.2) is 18.2 Å². The van der Waals surface area contributed by atoms with Crippen molar-refractivity contribution in [2.75, 3.05) is 5.32 Å². The second-order valence-corrected chi connectivity index (χ2v) is 6.73. The summed E-state index contributed by atoms with van der Waals surface area (Å²) in [5.41, 5.74) is 3.73. The van der Waals surface area contributed by atoms with E-state index in [-0.39, 0.29) is 11.3 Å². The van der Waals surface area contributed by atoms with Gasteiger partial charge in [-0.15, -0.1) is 0 Å². The number of carbonyl (C=O) groups excluding carboxylic acids is 1. The van der Waals surface area contributed by atoms with E-state index in [2.05, 4.69) is 52.1 Å². The molecule has 2 nitrogen and oxygen atoms in total. The van der Waals surface area contributed by atoms with E-state index in [0.717, 1.165) is 31.4 Å². The molecule has 0 aliphatic heterocycles. The van der Waals surface area contributed by atoms with E-state index in [1.807, 2.05) is 6.07 Å². The average Bonchev–Trinajstić information content (AvgIpc) is 2.31. The summed E-state index contributed by atoms with van der Waals surface area (Å²) in [4.78, 5) is 12.1. The predicted octanol–water partition coefficient (Wildman–Crippen LogP) is 4.97. The number of hydrogen-bond donors (Lipinski definition) is 1. The van der Waals surface area contributed by atoms with Crippen LogP contribution in [0.4, 0.5) is 5.69 Å². The second kappa shape index (κ2) is 7.47. The van der Waals surface area contributed by atoms with Crippen LogP contribution in [0, 0.1) is 5.41 Å². The van der Waals surface area contributed by atoms with Crippen LogP contribution >= 0.6 is 0 Å². The summed E-state index contributed by atoms with van der Waals surface area (Å²) < 4.78 is 0. The minimum absolute atomic E-state index is 0.0238. The Morgan fingerprint density at radius 2 is 1.75 bits per heavy atom. The molecule has 1 N–H and O–H groups in total. The second-order valence-electron chi connectivity index (χ2n) is 6.73. The molecule has 0 saturated heterocycles. The van der Waals surface area contributed by atoms with E-state index in [1.54, 1.807) is 0 Å². The van der Waals surface area contributed by atoms with Crippen molar-refractivity contribution >= 4 is 11.6 Å². The third-order valence-corrected chi connectivity index (χ3v) is 3.26. The summed E-state index contributed by atoms with van der Waals surface area (Å²) in [5.74, 6) is 0.114. The molecule has 1 amide bonds. The molecule has 0 unspecified atom stereocenters. The van der Waals surface area contributed by atoms with Crippen molar-refractivity contribution in [3.8, 4) is 0 Å². The Balaban J connectivity index is 2.93. The van der Waals surface area contributed by atoms with Gasteiger partial charge in [0.15, 0.2) is 0 Å². The van der Waals surface area contributed by atoms with E-state index < -0.39 is 0 Å². The quantitative estimate of drug-likeness (QED) is 0.780. The summed E-state index contributed by atoms with van der Waals surface area (Å²) >= 11 is 0. The highest BCUT2D eigenvalue weighted by Crippen LogP contribution is 2.25. The minimum atomic E-state index is 0.0238. The molecule has 0 aliphatic carbocycles. The molecule has 0 radical (unpaired) electrons. The summed E-state index contributed by atoms with van der Waals surface area (Å²) in [6.07, 6.45) is 4.90. The first-order valence-electron chi connectivity index (χ1n) is 7.78. The first-order valence-corrected chi connectivity index (χ1v) is 7.78. The smallest absolute Gasteiger partial charge is 0.224 e. The molecule has 20 heavy (non-hydrogen) atoms. The zero-order valence-electron chi connectivity index (χ0n) is 13.7. The number of carbonyl (C=O) groups is 1. The van der Waals surface area contributed by atoms with Crippen LogP contribution in [0.2, 0.25) is 0 Å². The van der Waals surface area contributed by atoms with E-state index >= 15 is 0 Å². The van der Waals surface area contributed by atoms with Crippen molar-refractivity contribution in [1.82, 2.24) is 0 Å². The maximum Gasteiger partial charge on any atom is 0.224 e. The molecule has 0 fully saturated rings. The fraction of sp³-hybridized carbons (Fsp3) is 0.611. The molecule has 0 aromatic heterocycles. The van der Waals surface area contributed by atoms with Gasteiger partial charge in [-0.05, 0) is 35.4 Å². The van der Waals surface area contributed by atoms with Crippen molar-refractivity contribution < 1.29 is 4.79 Å². The topological polar surface area (TPSA) is 29.1 Å². The van der Waals surface area contributed by atoms with Gasteiger partial charge < -0.3 is 5.32 Å². The SMILES string of the molecule is CCCc1cccc(NC(=O)CC(C)(C)C)c1CCC. The highest BCUT2D eigenvalue weighted by molar-refractivity contribution is 5.92. The molecule has 0 aliphatic rings. The van der Waals surface area contributed by atoms with E-state index in [0.29, 0.717) is 6.42 Å². The highest BCUT2D eigenvalue weighted by Gasteiger charge is 2.17. The Bertz CT molecular complexity index is 443. The molecule has 0 saturated carbocycles. The van der Waals surface area contributed by atoms with Gasteiger partial charge in [0, 0.05) is 12.1 Å². The van der Waals surface area contributed by atoms with Crippen LogP contribution in [0.5, 0.6) is 0 Å². The summed E-state index contributed by atoms with van der Waals surface area (Å²) in [7, 11) is 0. The summed E-state index contributed by atoms with van der Waals surface area (Å²) in [5, 5.41) is 3.11. The molecule has 2 heteroatoms. The van der Waals surface area contributed by atoms with Gasteiger partial charge >= 0.3 is 0 Å². The van der Waals surface area contributed by atoms with E-state index in [4.69, 9.17) is 0 Å². The lowest BCUT2D eigenvalue weighted by atomic mass is 9.91. The monoisotopic (exact) mass is 275 g/mol. The number of aryl methyl sites for hydroxylation is 1. The maximum atomic E-state index is 12.1. The van der Waals surface area contributed by atoms with Crippen LogP contribution in [0.1, 0.15) is 65.0 Å². The Morgan fingerprint density at radius 1 is 1.10 bits per heavy atom. The van der Waals surface area contributed by atoms with Crippen molar-refractivity contribution in [2.45, 2.75) is 66.7 Å². The van der Waals surface area contributed by atoms with Crippen molar-refractivity contribution in [1.29, 1.82) is 0 Å². The zero-order chi connectivity index (χ0) is 15.2. The van der Waals surface area contributed by atoms with Gasteiger partial charge in [0.25, 0.3) is 0 Å². The summed E-state index contributed by atoms with van der Waals surface area (Å²) in [6.45, 7) is 10.6. The molecule has 1 aromatic rings. The lowest BCUT2D eigenvalue weighted by molar-refractivity contribution is -0.117. The standard InChI is InChI=1S/C18H29NO/c1-6-9-14-11-8-12-16(15(14)10-7-2)19-17(20)13-18(3,4)5/h8,11-12H,6-7,9-10,13H2,1-5H3,(H,19,20). The minimum Gasteiger partial charge on any atom is -0.326 e. The van der Waals surface area contributed by atoms with Crippen LogP contribution < -0.4 is 5.32 Å². The van der Waals surface area contributed by atoms with E-state index in [1.165, 1.54) is 11.1 Å². The van der Waals surface area contributed by atoms with Crippen molar-refractivity contribution in [2.24, 2.45) is 5.41 Å². The maximum absolute atomic E-state index is 12.1. The number of benzene rings is 1. The molecule has 1 rings (SSSR count). The third-order valence-electron chi connectivity index (χ3n) is 3.26. The van der Waals surface area contributed by atoms with Crippen molar-refractivity contribution in [3.63, 3.8) is 0 Å². The number of rotatable bonds is 6. The number of nitrogens with one attached hydrogen (secondary N) is 1. The Kier molecular flexibility index (Phi) is 6.25. The Hall–Kier alpha value is -1.31. The van der Waals surface area contributed by atoms with Crippen LogP contribution in [-0.4, -0.2) is 5.91 Å². The first kappa shape index (κ1) is 16.7. The van der Waals surface area contributed by atoms with Gasteiger partial charge in [-0.1, -0.05) is 59.6 Å². The van der Waals surface area contributed by atoms with Gasteiger partial charge in [-0.3, -0.25) is 4.79 Å². The number of hydrogen-bond acceptors (Lipinski definition) is 1. The molecule has 0 spiro atoms. The van der Waals surface area contributed by atoms with E-state index in [9.17, 15) is 4.79 Å². The van der Waals surface area contributed by atoms with Gasteiger partial charge in [0.1, 0.15) is 0 Å². The van der Waals surface area contributed by atoms with Crippen LogP contribution in [0.3, 0.4) is 0 Å². The van der Waals surface area contributed by atoms with Gasteiger partial charge in [0.2, 0.25) is 5.91 Å². The predicted molar refractivity (Wildman–Crippen MR) is 87.1 cm³/mol. The number of amides is 1. The highest BCUT2D eigenvalue weighted by atomic mass is 16.1. The molecular weight excluding hydrogens is 246 g/mol. The first-order chi connectivity index (χ1) is 9.37. The molecule has 1 aromatic carbocycles. The molecule has 0 atom stereocenters. The third kappa shape index (κ3) is 5.36. The Labute approximate surface area is 124 Å². The van der Waals surface area contributed by atoms with Crippen LogP contribution in [0.25, 0.3) is 0 Å². The normalized spacial score (nSPS) is 11.4. The average molecular weight is 275 g/mol. The lowest BCUT2D eigenvalue weighted by Crippen LogP contribution is -2.20. The molecule has 112 valence electrons. The van der Waals surface area contributed by atoms with Gasteiger partial charge in [-0.2, -0.15) is 0 Å². The van der Waals surface area contributed by atoms with Gasteiger partial charge in [0.05, 0.1) is 0 Å². The zero-order valence-corrected chi connectivity index (χ0v) is 13.7. The van der Waals surface area contributed by atoms with Gasteiger partial charge in [-0.25, -0.2) is 0 Å². The molecule has 0 bridgehead atoms. The Morgan fingerprint density at radius 3 is 2.30 bits per heavy atom. The number of anilines is 1. The van der Waals surface area contributed by atoms with Crippen LogP contribution in [-0.2, 0) is 17.6 Å².